The van der Waals surface area contributed by atoms with Crippen molar-refractivity contribution in [1.29, 1.82) is 0 Å². The first-order valence-corrected chi connectivity index (χ1v) is 12.0. The predicted molar refractivity (Wildman–Crippen MR) is 122 cm³/mol. The van der Waals surface area contributed by atoms with Crippen LogP contribution in [0.1, 0.15) is 0 Å². The van der Waals surface area contributed by atoms with Crippen LogP contribution in [-0.2, 0) is 16.6 Å². The molecule has 0 aliphatic heterocycles. The van der Waals surface area contributed by atoms with Gasteiger partial charge in [-0.1, -0.05) is 50.1 Å². The molecule has 0 aliphatic rings. The van der Waals surface area contributed by atoms with Crippen molar-refractivity contribution in [2.75, 3.05) is 6.54 Å². The lowest BCUT2D eigenvalue weighted by atomic mass is 10.2. The van der Waals surface area contributed by atoms with Gasteiger partial charge < -0.3 is 9.67 Å². The zero-order valence-corrected chi connectivity index (χ0v) is 19.2. The molecule has 0 radical (unpaired) electrons. The number of sulfonamides is 1. The van der Waals surface area contributed by atoms with Gasteiger partial charge in [0.25, 0.3) is 0 Å². The lowest BCUT2D eigenvalue weighted by Gasteiger charge is -2.15. The van der Waals surface area contributed by atoms with E-state index in [1.54, 1.807) is 18.2 Å². The van der Waals surface area contributed by atoms with Gasteiger partial charge in [-0.2, -0.15) is 0 Å². The minimum atomic E-state index is -3.66. The van der Waals surface area contributed by atoms with Gasteiger partial charge >= 0.3 is 0 Å². The molecule has 1 aromatic heterocycles. The van der Waals surface area contributed by atoms with Gasteiger partial charge in [0.15, 0.2) is 0 Å². The van der Waals surface area contributed by atoms with E-state index in [4.69, 9.17) is 0 Å². The van der Waals surface area contributed by atoms with Gasteiger partial charge in [-0.15, -0.1) is 0 Å². The Morgan fingerprint density at radius 2 is 1.45 bits per heavy atom. The van der Waals surface area contributed by atoms with E-state index in [0.717, 1.165) is 30.8 Å². The maximum atomic E-state index is 12.4. The molecule has 8 heteroatoms. The summed E-state index contributed by atoms with van der Waals surface area (Å²) in [6, 6.07) is 20.1. The Kier molecular flexibility index (Phi) is 5.81. The van der Waals surface area contributed by atoms with Crippen LogP contribution >= 0.6 is 31.9 Å². The predicted octanol–water partition coefficient (Wildman–Crippen LogP) is 4.66. The average molecular weight is 538 g/mol. The highest BCUT2D eigenvalue weighted by Crippen LogP contribution is 2.33. The lowest BCUT2D eigenvalue weighted by Crippen LogP contribution is -2.34. The first kappa shape index (κ1) is 20.6. The summed E-state index contributed by atoms with van der Waals surface area (Å²) >= 11 is 7.04. The second kappa shape index (κ2) is 8.20. The monoisotopic (exact) mass is 536 g/mol. The number of nitrogens with zero attached hydrogens (tertiary/aromatic N) is 1. The molecule has 0 fully saturated rings. The normalized spacial score (nSPS) is 13.2. The van der Waals surface area contributed by atoms with E-state index >= 15 is 0 Å². The van der Waals surface area contributed by atoms with E-state index in [1.165, 1.54) is 12.1 Å². The Bertz CT molecular complexity index is 1230. The number of aliphatic hydroxyl groups excluding tert-OH is 1. The summed E-state index contributed by atoms with van der Waals surface area (Å²) in [5.41, 5.74) is 1.96. The van der Waals surface area contributed by atoms with Crippen LogP contribution in [0.4, 0.5) is 0 Å². The summed E-state index contributed by atoms with van der Waals surface area (Å²) in [4.78, 5) is 0.179. The number of aliphatic hydroxyl groups is 1. The molecule has 4 aromatic rings. The van der Waals surface area contributed by atoms with E-state index in [0.29, 0.717) is 0 Å². The lowest BCUT2D eigenvalue weighted by molar-refractivity contribution is 0.161. The standard InChI is InChI=1S/C21H18Br2N2O3S/c22-14-6-8-20-18(10-14)19-11-15(23)7-9-21(19)25(20)13-16(26)12-24-29(27,28)17-4-2-1-3-5-17/h1-11,16,24,26H,12-13H2. The van der Waals surface area contributed by atoms with E-state index in [-0.39, 0.29) is 18.0 Å². The third kappa shape index (κ3) is 4.27. The number of hydrogen-bond donors (Lipinski definition) is 2. The first-order chi connectivity index (χ1) is 13.8. The fourth-order valence-electron chi connectivity index (χ4n) is 3.41. The van der Waals surface area contributed by atoms with Crippen molar-refractivity contribution in [3.63, 3.8) is 0 Å². The molecule has 1 unspecified atom stereocenters. The van der Waals surface area contributed by atoms with Crippen LogP contribution in [-0.4, -0.2) is 30.7 Å². The minimum absolute atomic E-state index is 0.0779. The molecule has 0 bridgehead atoms. The Morgan fingerprint density at radius 3 is 2.00 bits per heavy atom. The fourth-order valence-corrected chi connectivity index (χ4v) is 5.23. The topological polar surface area (TPSA) is 71.3 Å². The third-order valence-corrected chi connectivity index (χ3v) is 7.17. The molecule has 0 aliphatic carbocycles. The van der Waals surface area contributed by atoms with Crippen molar-refractivity contribution < 1.29 is 13.5 Å². The number of hydrogen-bond acceptors (Lipinski definition) is 3. The molecule has 5 nitrogen and oxygen atoms in total. The van der Waals surface area contributed by atoms with Crippen molar-refractivity contribution in [2.24, 2.45) is 0 Å². The van der Waals surface area contributed by atoms with Crippen molar-refractivity contribution in [3.8, 4) is 0 Å². The molecule has 0 saturated heterocycles. The Balaban J connectivity index is 1.62. The van der Waals surface area contributed by atoms with Crippen molar-refractivity contribution in [3.05, 3.63) is 75.7 Å². The average Bonchev–Trinajstić information content (AvgIpc) is 2.99. The van der Waals surface area contributed by atoms with Crippen LogP contribution in [0, 0.1) is 0 Å². The van der Waals surface area contributed by atoms with Crippen molar-refractivity contribution in [2.45, 2.75) is 17.5 Å². The summed E-state index contributed by atoms with van der Waals surface area (Å²) in [6.45, 7) is 0.187. The zero-order valence-electron chi connectivity index (χ0n) is 15.2. The van der Waals surface area contributed by atoms with E-state index in [9.17, 15) is 13.5 Å². The molecule has 0 saturated carbocycles. The number of aromatic nitrogens is 1. The summed E-state index contributed by atoms with van der Waals surface area (Å²) in [7, 11) is -3.66. The van der Waals surface area contributed by atoms with Crippen LogP contribution in [0.2, 0.25) is 0 Å². The van der Waals surface area contributed by atoms with Crippen molar-refractivity contribution >= 4 is 63.7 Å². The number of rotatable bonds is 6. The highest BCUT2D eigenvalue weighted by molar-refractivity contribution is 9.10. The molecule has 0 spiro atoms. The summed E-state index contributed by atoms with van der Waals surface area (Å²) in [6.07, 6.45) is -0.889. The van der Waals surface area contributed by atoms with Crippen LogP contribution < -0.4 is 4.72 Å². The quantitative estimate of drug-likeness (QED) is 0.376. The molecular weight excluding hydrogens is 520 g/mol. The summed E-state index contributed by atoms with van der Waals surface area (Å²) < 4.78 is 31.3. The molecule has 1 atom stereocenters. The largest absolute Gasteiger partial charge is 0.390 e. The van der Waals surface area contributed by atoms with Crippen LogP contribution in [0.15, 0.2) is 80.6 Å². The van der Waals surface area contributed by atoms with E-state index in [1.807, 2.05) is 41.0 Å². The molecule has 29 heavy (non-hydrogen) atoms. The zero-order chi connectivity index (χ0) is 20.6. The number of nitrogens with one attached hydrogen (secondary N) is 1. The molecule has 0 amide bonds. The SMILES string of the molecule is O=S(=O)(NCC(O)Cn1c2ccc(Br)cc2c2cc(Br)ccc21)c1ccccc1. The molecule has 4 rings (SSSR count). The molecule has 2 N–H and O–H groups in total. The molecule has 150 valence electrons. The van der Waals surface area contributed by atoms with Gasteiger partial charge in [-0.05, 0) is 48.5 Å². The van der Waals surface area contributed by atoms with Crippen LogP contribution in [0.3, 0.4) is 0 Å². The highest BCUT2D eigenvalue weighted by Gasteiger charge is 2.18. The maximum Gasteiger partial charge on any atom is 0.240 e. The van der Waals surface area contributed by atoms with Crippen LogP contribution in [0.5, 0.6) is 0 Å². The summed E-state index contributed by atoms with van der Waals surface area (Å²) in [5.74, 6) is 0. The minimum Gasteiger partial charge on any atom is -0.390 e. The highest BCUT2D eigenvalue weighted by atomic mass is 79.9. The Labute approximate surface area is 185 Å². The van der Waals surface area contributed by atoms with Gasteiger partial charge in [0.2, 0.25) is 10.0 Å². The second-order valence-corrected chi connectivity index (χ2v) is 10.4. The summed E-state index contributed by atoms with van der Waals surface area (Å²) in [5, 5.41) is 12.7. The van der Waals surface area contributed by atoms with Crippen LogP contribution in [0.25, 0.3) is 21.8 Å². The molecular formula is C21H18Br2N2O3S. The number of benzene rings is 3. The van der Waals surface area contributed by atoms with E-state index < -0.39 is 16.1 Å². The molecule has 3 aromatic carbocycles. The van der Waals surface area contributed by atoms with Gasteiger partial charge in [0.05, 0.1) is 17.5 Å². The fraction of sp³-hybridized carbons (Fsp3) is 0.143. The van der Waals surface area contributed by atoms with Crippen molar-refractivity contribution in [1.82, 2.24) is 9.29 Å². The molecule has 1 heterocycles. The maximum absolute atomic E-state index is 12.4. The van der Waals surface area contributed by atoms with E-state index in [2.05, 4.69) is 36.6 Å². The van der Waals surface area contributed by atoms with Gasteiger partial charge in [0.1, 0.15) is 0 Å². The van der Waals surface area contributed by atoms with Gasteiger partial charge in [-0.25, -0.2) is 13.1 Å². The van der Waals surface area contributed by atoms with Gasteiger partial charge in [0, 0.05) is 37.3 Å². The number of fused-ring (bicyclic) bond motifs is 3. The Morgan fingerprint density at radius 1 is 0.897 bits per heavy atom. The third-order valence-electron chi connectivity index (χ3n) is 4.74. The van der Waals surface area contributed by atoms with Gasteiger partial charge in [-0.3, -0.25) is 0 Å². The first-order valence-electron chi connectivity index (χ1n) is 8.95. The smallest absolute Gasteiger partial charge is 0.240 e. The number of halogens is 2. The Hall–Kier alpha value is -1.71. The second-order valence-electron chi connectivity index (χ2n) is 6.75.